The van der Waals surface area contributed by atoms with Gasteiger partial charge in [-0.15, -0.1) is 0 Å². The van der Waals surface area contributed by atoms with Crippen molar-refractivity contribution in [2.45, 2.75) is 45.6 Å². The molecule has 2 aliphatic heterocycles. The van der Waals surface area contributed by atoms with Crippen LogP contribution in [-0.2, 0) is 16.1 Å². The minimum atomic E-state index is -0.190. The predicted octanol–water partition coefficient (Wildman–Crippen LogP) is 2.66. The SMILES string of the molecule is CNC(=O)C1CN(Cc2ccccc2)CC12CN(C(=O)C1(C)CCCCC1)C2. The number of amides is 2. The van der Waals surface area contributed by atoms with E-state index in [4.69, 9.17) is 0 Å². The lowest BCUT2D eigenvalue weighted by Crippen LogP contribution is -2.66. The van der Waals surface area contributed by atoms with E-state index in [1.54, 1.807) is 7.05 Å². The fourth-order valence-corrected chi connectivity index (χ4v) is 5.67. The summed E-state index contributed by atoms with van der Waals surface area (Å²) in [5.41, 5.74) is 0.998. The standard InChI is InChI=1S/C23H33N3O2/c1-22(11-7-4-8-12-22)21(28)26-16-23(17-26)15-25(14-19(23)20(27)24-2)13-18-9-5-3-6-10-18/h3,5-6,9-10,19H,4,7-8,11-17H2,1-2H3,(H,24,27). The molecule has 152 valence electrons. The summed E-state index contributed by atoms with van der Waals surface area (Å²) in [6.07, 6.45) is 5.59. The second-order valence-electron chi connectivity index (χ2n) is 9.47. The van der Waals surface area contributed by atoms with Crippen molar-refractivity contribution in [2.75, 3.05) is 33.2 Å². The molecule has 1 unspecified atom stereocenters. The Labute approximate surface area is 168 Å². The zero-order valence-corrected chi connectivity index (χ0v) is 17.2. The average molecular weight is 384 g/mol. The maximum Gasteiger partial charge on any atom is 0.228 e. The van der Waals surface area contributed by atoms with Gasteiger partial charge in [0.15, 0.2) is 0 Å². The van der Waals surface area contributed by atoms with Gasteiger partial charge in [0.25, 0.3) is 0 Å². The van der Waals surface area contributed by atoms with Crippen LogP contribution in [0.25, 0.3) is 0 Å². The molecule has 1 spiro atoms. The smallest absolute Gasteiger partial charge is 0.228 e. The second kappa shape index (κ2) is 7.51. The largest absolute Gasteiger partial charge is 0.359 e. The summed E-state index contributed by atoms with van der Waals surface area (Å²) < 4.78 is 0. The van der Waals surface area contributed by atoms with Crippen molar-refractivity contribution in [1.29, 1.82) is 0 Å². The van der Waals surface area contributed by atoms with Crippen LogP contribution >= 0.6 is 0 Å². The van der Waals surface area contributed by atoms with Gasteiger partial charge >= 0.3 is 0 Å². The number of benzene rings is 1. The third kappa shape index (κ3) is 3.45. The summed E-state index contributed by atoms with van der Waals surface area (Å²) in [6.45, 7) is 6.12. The Kier molecular flexibility index (Phi) is 5.21. The summed E-state index contributed by atoms with van der Waals surface area (Å²) >= 11 is 0. The van der Waals surface area contributed by atoms with Crippen LogP contribution < -0.4 is 5.32 Å². The molecule has 3 fully saturated rings. The molecule has 4 rings (SSSR count). The van der Waals surface area contributed by atoms with E-state index >= 15 is 0 Å². The van der Waals surface area contributed by atoms with Gasteiger partial charge in [0, 0.05) is 50.6 Å². The maximum absolute atomic E-state index is 13.2. The number of rotatable bonds is 4. The highest BCUT2D eigenvalue weighted by Crippen LogP contribution is 2.47. The van der Waals surface area contributed by atoms with E-state index in [-0.39, 0.29) is 22.7 Å². The van der Waals surface area contributed by atoms with Crippen molar-refractivity contribution in [1.82, 2.24) is 15.1 Å². The summed E-state index contributed by atoms with van der Waals surface area (Å²) in [5, 5.41) is 2.86. The average Bonchev–Trinajstić information content (AvgIpc) is 3.06. The molecule has 2 saturated heterocycles. The first-order valence-corrected chi connectivity index (χ1v) is 10.7. The van der Waals surface area contributed by atoms with E-state index in [0.717, 1.165) is 58.4 Å². The van der Waals surface area contributed by atoms with Crippen LogP contribution in [0.15, 0.2) is 30.3 Å². The number of carbonyl (C=O) groups excluding carboxylic acids is 2. The van der Waals surface area contributed by atoms with Crippen molar-refractivity contribution < 1.29 is 9.59 Å². The lowest BCUT2D eigenvalue weighted by Gasteiger charge is -2.53. The van der Waals surface area contributed by atoms with Gasteiger partial charge in [-0.1, -0.05) is 56.5 Å². The fourth-order valence-electron chi connectivity index (χ4n) is 5.67. The van der Waals surface area contributed by atoms with Gasteiger partial charge in [-0.3, -0.25) is 14.5 Å². The minimum absolute atomic E-state index is 0.0376. The first-order valence-electron chi connectivity index (χ1n) is 10.7. The van der Waals surface area contributed by atoms with Gasteiger partial charge in [-0.2, -0.15) is 0 Å². The molecule has 3 aliphatic rings. The van der Waals surface area contributed by atoms with E-state index in [0.29, 0.717) is 5.91 Å². The molecule has 2 amide bonds. The molecule has 1 aromatic carbocycles. The Bertz CT molecular complexity index is 721. The monoisotopic (exact) mass is 383 g/mol. The second-order valence-corrected chi connectivity index (χ2v) is 9.47. The lowest BCUT2D eigenvalue weighted by molar-refractivity contribution is -0.160. The van der Waals surface area contributed by atoms with Crippen LogP contribution in [0, 0.1) is 16.7 Å². The number of hydrogen-bond donors (Lipinski definition) is 1. The first-order chi connectivity index (χ1) is 13.5. The van der Waals surface area contributed by atoms with Gasteiger partial charge in [-0.25, -0.2) is 0 Å². The summed E-state index contributed by atoms with van der Waals surface area (Å²) in [4.78, 5) is 30.2. The summed E-state index contributed by atoms with van der Waals surface area (Å²) in [6, 6.07) is 10.4. The zero-order chi connectivity index (χ0) is 19.8. The van der Waals surface area contributed by atoms with E-state index in [1.807, 2.05) is 11.0 Å². The highest BCUT2D eigenvalue weighted by Gasteiger charge is 2.58. The topological polar surface area (TPSA) is 52.7 Å². The van der Waals surface area contributed by atoms with Crippen molar-refractivity contribution in [3.63, 3.8) is 0 Å². The van der Waals surface area contributed by atoms with Gasteiger partial charge in [0.2, 0.25) is 11.8 Å². The Hall–Kier alpha value is -1.88. The summed E-state index contributed by atoms with van der Waals surface area (Å²) in [7, 11) is 1.72. The molecule has 2 heterocycles. The van der Waals surface area contributed by atoms with Crippen molar-refractivity contribution >= 4 is 11.8 Å². The van der Waals surface area contributed by atoms with Crippen LogP contribution in [0.2, 0.25) is 0 Å². The molecule has 1 saturated carbocycles. The summed E-state index contributed by atoms with van der Waals surface area (Å²) in [5.74, 6) is 0.394. The Morgan fingerprint density at radius 1 is 1.07 bits per heavy atom. The molecule has 0 radical (unpaired) electrons. The molecule has 5 heteroatoms. The highest BCUT2D eigenvalue weighted by atomic mass is 16.2. The van der Waals surface area contributed by atoms with Crippen molar-refractivity contribution in [3.05, 3.63) is 35.9 Å². The fraction of sp³-hybridized carbons (Fsp3) is 0.652. The number of likely N-dealkylation sites (tertiary alicyclic amines) is 2. The zero-order valence-electron chi connectivity index (χ0n) is 17.2. The number of hydrogen-bond acceptors (Lipinski definition) is 3. The minimum Gasteiger partial charge on any atom is -0.359 e. The highest BCUT2D eigenvalue weighted by molar-refractivity contribution is 5.85. The molecule has 28 heavy (non-hydrogen) atoms. The Morgan fingerprint density at radius 2 is 1.75 bits per heavy atom. The molecule has 1 aromatic rings. The van der Waals surface area contributed by atoms with Gasteiger partial charge in [0.1, 0.15) is 0 Å². The number of nitrogens with one attached hydrogen (secondary N) is 1. The third-order valence-corrected chi connectivity index (χ3v) is 7.30. The van der Waals surface area contributed by atoms with E-state index in [2.05, 4.69) is 41.4 Å². The Balaban J connectivity index is 1.45. The van der Waals surface area contributed by atoms with Crippen LogP contribution in [0.3, 0.4) is 0 Å². The molecule has 0 aromatic heterocycles. The van der Waals surface area contributed by atoms with E-state index < -0.39 is 0 Å². The molecule has 1 atom stereocenters. The van der Waals surface area contributed by atoms with Crippen molar-refractivity contribution in [3.8, 4) is 0 Å². The third-order valence-electron chi connectivity index (χ3n) is 7.30. The van der Waals surface area contributed by atoms with E-state index in [9.17, 15) is 9.59 Å². The normalized spacial score (nSPS) is 26.1. The first kappa shape index (κ1) is 19.4. The quantitative estimate of drug-likeness (QED) is 0.870. The van der Waals surface area contributed by atoms with Gasteiger partial charge < -0.3 is 10.2 Å². The predicted molar refractivity (Wildman–Crippen MR) is 109 cm³/mol. The van der Waals surface area contributed by atoms with Gasteiger partial charge in [0.05, 0.1) is 5.92 Å². The molecule has 1 N–H and O–H groups in total. The number of nitrogens with zero attached hydrogens (tertiary/aromatic N) is 2. The van der Waals surface area contributed by atoms with Crippen LogP contribution in [0.1, 0.15) is 44.6 Å². The van der Waals surface area contributed by atoms with Crippen LogP contribution in [0.5, 0.6) is 0 Å². The molecular weight excluding hydrogens is 350 g/mol. The van der Waals surface area contributed by atoms with Crippen molar-refractivity contribution in [2.24, 2.45) is 16.7 Å². The Morgan fingerprint density at radius 3 is 2.39 bits per heavy atom. The molecular formula is C23H33N3O2. The molecule has 1 aliphatic carbocycles. The molecule has 0 bridgehead atoms. The number of carbonyl (C=O) groups is 2. The van der Waals surface area contributed by atoms with Gasteiger partial charge in [-0.05, 0) is 18.4 Å². The van der Waals surface area contributed by atoms with Crippen LogP contribution in [-0.4, -0.2) is 54.8 Å². The molecule has 5 nitrogen and oxygen atoms in total. The lowest BCUT2D eigenvalue weighted by atomic mass is 9.68. The van der Waals surface area contributed by atoms with Crippen LogP contribution in [0.4, 0.5) is 0 Å². The maximum atomic E-state index is 13.2. The van der Waals surface area contributed by atoms with E-state index in [1.165, 1.54) is 12.0 Å².